The van der Waals surface area contributed by atoms with Crippen LogP contribution in [0.1, 0.15) is 44.1 Å². The molecule has 1 aliphatic rings. The molecule has 1 atom stereocenters. The van der Waals surface area contributed by atoms with Gasteiger partial charge in [-0.25, -0.2) is 0 Å². The van der Waals surface area contributed by atoms with E-state index in [-0.39, 0.29) is 18.1 Å². The fourth-order valence-electron chi connectivity index (χ4n) is 3.82. The summed E-state index contributed by atoms with van der Waals surface area (Å²) in [7, 11) is 0.380. The van der Waals surface area contributed by atoms with Gasteiger partial charge in [0.1, 0.15) is 5.41 Å². The monoisotopic (exact) mass is 389 g/mol. The minimum Gasteiger partial charge on any atom is -0.427 e. The molecule has 1 fully saturated rings. The Kier molecular flexibility index (Phi) is 8.47. The molecule has 0 aliphatic heterocycles. The smallest absolute Gasteiger partial charge is 0.427 e. The zero-order valence-electron chi connectivity index (χ0n) is 16.6. The van der Waals surface area contributed by atoms with E-state index in [1.54, 1.807) is 11.9 Å². The van der Waals surface area contributed by atoms with Crippen molar-refractivity contribution in [2.24, 2.45) is 11.1 Å². The highest BCUT2D eigenvalue weighted by molar-refractivity contribution is 6.40. The van der Waals surface area contributed by atoms with E-state index in [1.807, 2.05) is 30.3 Å². The Morgan fingerprint density at radius 2 is 1.89 bits per heavy atom. The first-order chi connectivity index (χ1) is 13.3. The van der Waals surface area contributed by atoms with Gasteiger partial charge in [-0.1, -0.05) is 49.6 Å². The molecule has 1 aliphatic carbocycles. The third kappa shape index (κ3) is 6.05. The van der Waals surface area contributed by atoms with Crippen molar-refractivity contribution in [3.05, 3.63) is 35.9 Å². The third-order valence-electron chi connectivity index (χ3n) is 5.52. The lowest BCUT2D eigenvalue weighted by Crippen LogP contribution is -2.54. The van der Waals surface area contributed by atoms with Crippen LogP contribution in [0.3, 0.4) is 0 Å². The molecule has 0 spiro atoms. The highest BCUT2D eigenvalue weighted by Crippen LogP contribution is 2.40. The Morgan fingerprint density at radius 3 is 2.50 bits per heavy atom. The van der Waals surface area contributed by atoms with Gasteiger partial charge in [-0.15, -0.1) is 0 Å². The van der Waals surface area contributed by atoms with Crippen molar-refractivity contribution in [3.8, 4) is 0 Å². The predicted molar refractivity (Wildman–Crippen MR) is 109 cm³/mol. The quantitative estimate of drug-likeness (QED) is 0.270. The van der Waals surface area contributed by atoms with E-state index in [2.05, 4.69) is 5.32 Å². The normalized spacial score (nSPS) is 16.4. The molecule has 0 radical (unpaired) electrons. The molecule has 2 amide bonds. The summed E-state index contributed by atoms with van der Waals surface area (Å²) >= 11 is 0. The van der Waals surface area contributed by atoms with E-state index in [4.69, 9.17) is 15.8 Å². The van der Waals surface area contributed by atoms with Gasteiger partial charge >= 0.3 is 7.12 Å². The molecule has 1 aromatic carbocycles. The number of hydrogen-bond donors (Lipinski definition) is 4. The lowest BCUT2D eigenvalue weighted by molar-refractivity contribution is -0.150. The number of nitrogens with zero attached hydrogens (tertiary/aromatic N) is 1. The van der Waals surface area contributed by atoms with E-state index in [1.165, 1.54) is 0 Å². The lowest BCUT2D eigenvalue weighted by atomic mass is 9.82. The second-order valence-corrected chi connectivity index (χ2v) is 7.74. The molecule has 5 N–H and O–H groups in total. The van der Waals surface area contributed by atoms with Crippen LogP contribution >= 0.6 is 0 Å². The summed E-state index contributed by atoms with van der Waals surface area (Å²) in [4.78, 5) is 27.8. The average molecular weight is 389 g/mol. The largest absolute Gasteiger partial charge is 0.451 e. The van der Waals surface area contributed by atoms with Gasteiger partial charge in [-0.3, -0.25) is 9.59 Å². The number of likely N-dealkylation sites (N-methyl/N-ethyl adjacent to an activating group) is 1. The average Bonchev–Trinajstić information content (AvgIpc) is 3.17. The molecule has 0 heterocycles. The molecule has 1 unspecified atom stereocenters. The number of carbonyl (C=O) groups excluding carboxylic acids is 2. The maximum absolute atomic E-state index is 13.2. The predicted octanol–water partition coefficient (Wildman–Crippen LogP) is 0.902. The van der Waals surface area contributed by atoms with E-state index in [9.17, 15) is 9.59 Å². The minimum atomic E-state index is -1.37. The molecular formula is C20H32BN3O4. The fourth-order valence-corrected chi connectivity index (χ4v) is 3.82. The highest BCUT2D eigenvalue weighted by atomic mass is 16.4. The number of amides is 2. The summed E-state index contributed by atoms with van der Waals surface area (Å²) in [6.07, 6.45) is 4.01. The number of benzene rings is 1. The van der Waals surface area contributed by atoms with Crippen LogP contribution in [0.5, 0.6) is 0 Å². The van der Waals surface area contributed by atoms with Crippen LogP contribution in [0.15, 0.2) is 30.3 Å². The molecule has 1 saturated carbocycles. The second kappa shape index (κ2) is 10.6. The van der Waals surface area contributed by atoms with Gasteiger partial charge in [-0.2, -0.15) is 0 Å². The first-order valence-electron chi connectivity index (χ1n) is 10.1. The van der Waals surface area contributed by atoms with Crippen LogP contribution in [-0.4, -0.2) is 53.6 Å². The van der Waals surface area contributed by atoms with E-state index < -0.39 is 18.7 Å². The van der Waals surface area contributed by atoms with Gasteiger partial charge < -0.3 is 26.0 Å². The van der Waals surface area contributed by atoms with Crippen molar-refractivity contribution >= 4 is 18.9 Å². The summed E-state index contributed by atoms with van der Waals surface area (Å²) in [5, 5.41) is 20.6. The molecule has 0 bridgehead atoms. The Hall–Kier alpha value is -1.90. The summed E-state index contributed by atoms with van der Waals surface area (Å²) in [5.74, 6) is -0.449. The van der Waals surface area contributed by atoms with E-state index in [0.717, 1.165) is 24.8 Å². The Labute approximate surface area is 167 Å². The molecule has 28 heavy (non-hydrogen) atoms. The summed E-state index contributed by atoms with van der Waals surface area (Å²) in [6.45, 7) is 0.554. The lowest BCUT2D eigenvalue weighted by Gasteiger charge is -2.32. The van der Waals surface area contributed by atoms with Crippen molar-refractivity contribution in [3.63, 3.8) is 0 Å². The zero-order valence-corrected chi connectivity index (χ0v) is 16.6. The summed E-state index contributed by atoms with van der Waals surface area (Å²) in [6, 6.07) is 9.96. The zero-order chi connectivity index (χ0) is 20.6. The molecular weight excluding hydrogens is 357 g/mol. The number of rotatable bonds is 10. The van der Waals surface area contributed by atoms with Gasteiger partial charge in [-0.05, 0) is 37.6 Å². The first kappa shape index (κ1) is 22.4. The van der Waals surface area contributed by atoms with Crippen LogP contribution in [0.25, 0.3) is 0 Å². The van der Waals surface area contributed by atoms with Crippen molar-refractivity contribution in [2.75, 3.05) is 13.6 Å². The van der Waals surface area contributed by atoms with E-state index in [0.29, 0.717) is 32.2 Å². The van der Waals surface area contributed by atoms with Gasteiger partial charge in [0, 0.05) is 13.6 Å². The van der Waals surface area contributed by atoms with Crippen molar-refractivity contribution in [2.45, 2.75) is 57.4 Å². The Balaban J connectivity index is 1.95. The maximum atomic E-state index is 13.2. The molecule has 0 aromatic heterocycles. The highest BCUT2D eigenvalue weighted by Gasteiger charge is 2.49. The number of hydrogen-bond acceptors (Lipinski definition) is 5. The first-order valence-corrected chi connectivity index (χ1v) is 10.1. The van der Waals surface area contributed by atoms with Crippen LogP contribution in [0.2, 0.25) is 6.32 Å². The number of nitrogens with one attached hydrogen (secondary N) is 1. The molecule has 1 aromatic rings. The maximum Gasteiger partial charge on any atom is 0.451 e. The Bertz CT molecular complexity index is 636. The van der Waals surface area contributed by atoms with Crippen LogP contribution in [0.4, 0.5) is 0 Å². The number of nitrogens with two attached hydrogens (primary N) is 1. The van der Waals surface area contributed by atoms with Crippen LogP contribution in [-0.2, 0) is 16.0 Å². The molecule has 0 saturated heterocycles. The third-order valence-corrected chi connectivity index (χ3v) is 5.52. The van der Waals surface area contributed by atoms with Crippen molar-refractivity contribution in [1.29, 1.82) is 0 Å². The van der Waals surface area contributed by atoms with Crippen LogP contribution in [0, 0.1) is 5.41 Å². The topological polar surface area (TPSA) is 116 Å². The summed E-state index contributed by atoms with van der Waals surface area (Å²) < 4.78 is 0. The Morgan fingerprint density at radius 1 is 1.25 bits per heavy atom. The van der Waals surface area contributed by atoms with Gasteiger partial charge in [0.2, 0.25) is 11.8 Å². The molecule has 8 heteroatoms. The standard InChI is InChI=1S/C20H32BN3O4/c1-24(15-11-16-8-3-2-4-9-16)19(26)20(12-5-6-13-20)18(25)23-17(22)10-7-14-21(27)28/h2-4,8-9,17,27-28H,5-7,10-15,22H2,1H3,(H,23,25). The van der Waals surface area contributed by atoms with Gasteiger partial charge in [0.15, 0.2) is 0 Å². The van der Waals surface area contributed by atoms with Crippen molar-refractivity contribution < 1.29 is 19.6 Å². The van der Waals surface area contributed by atoms with Crippen LogP contribution < -0.4 is 11.1 Å². The summed E-state index contributed by atoms with van der Waals surface area (Å²) in [5.41, 5.74) is 6.09. The molecule has 154 valence electrons. The minimum absolute atomic E-state index is 0.142. The van der Waals surface area contributed by atoms with Crippen molar-refractivity contribution in [1.82, 2.24) is 10.2 Å². The molecule has 2 rings (SSSR count). The number of carbonyl (C=O) groups is 2. The van der Waals surface area contributed by atoms with Gasteiger partial charge in [0.05, 0.1) is 6.17 Å². The SMILES string of the molecule is CN(CCc1ccccc1)C(=O)C1(C(=O)NC(N)CCCB(O)O)CCCC1. The second-order valence-electron chi connectivity index (χ2n) is 7.74. The van der Waals surface area contributed by atoms with Gasteiger partial charge in [0.25, 0.3) is 0 Å². The van der Waals surface area contributed by atoms with E-state index >= 15 is 0 Å². The molecule has 7 nitrogen and oxygen atoms in total. The fraction of sp³-hybridized carbons (Fsp3) is 0.600.